The molecule has 3 rings (SSSR count). The number of benzene rings is 2. The molecule has 1 heterocycles. The van der Waals surface area contributed by atoms with Gasteiger partial charge in [-0.25, -0.2) is 4.79 Å². The topological polar surface area (TPSA) is 42.1 Å². The Hall–Kier alpha value is -2.55. The lowest BCUT2D eigenvalue weighted by Crippen LogP contribution is -2.07. The van der Waals surface area contributed by atoms with Gasteiger partial charge < -0.3 is 9.72 Å². The Morgan fingerprint density at radius 1 is 1.00 bits per heavy atom. The average Bonchev–Trinajstić information content (AvgIpc) is 2.87. The molecule has 0 fully saturated rings. The molecular weight excluding hydrogens is 226 g/mol. The maximum Gasteiger partial charge on any atom is 0.343 e. The zero-order valence-corrected chi connectivity index (χ0v) is 9.59. The lowest BCUT2D eigenvalue weighted by molar-refractivity contribution is 0.0735. The number of ether oxygens (including phenoxy) is 1. The van der Waals surface area contributed by atoms with E-state index in [2.05, 4.69) is 4.98 Å². The Bertz CT molecular complexity index is 686. The van der Waals surface area contributed by atoms with Gasteiger partial charge in [-0.2, -0.15) is 0 Å². The Balaban J connectivity index is 1.86. The summed E-state index contributed by atoms with van der Waals surface area (Å²) in [5.74, 6) is 0.195. The molecule has 0 bridgehead atoms. The summed E-state index contributed by atoms with van der Waals surface area (Å²) in [5, 5.41) is 1.09. The van der Waals surface area contributed by atoms with Crippen molar-refractivity contribution in [2.75, 3.05) is 0 Å². The largest absolute Gasteiger partial charge is 0.423 e. The summed E-state index contributed by atoms with van der Waals surface area (Å²) in [7, 11) is 0. The number of carbonyl (C=O) groups excluding carboxylic acids is 1. The van der Waals surface area contributed by atoms with Gasteiger partial charge in [0.25, 0.3) is 0 Å². The number of aromatic amines is 1. The van der Waals surface area contributed by atoms with Gasteiger partial charge in [-0.15, -0.1) is 0 Å². The molecule has 3 heteroatoms. The van der Waals surface area contributed by atoms with Crippen LogP contribution < -0.4 is 4.74 Å². The van der Waals surface area contributed by atoms with E-state index in [-0.39, 0.29) is 5.97 Å². The van der Waals surface area contributed by atoms with E-state index in [1.807, 2.05) is 42.6 Å². The molecule has 3 nitrogen and oxygen atoms in total. The van der Waals surface area contributed by atoms with Gasteiger partial charge in [0, 0.05) is 17.8 Å². The number of hydrogen-bond acceptors (Lipinski definition) is 2. The molecule has 0 unspecified atom stereocenters. The molecular formula is C15H11NO2. The van der Waals surface area contributed by atoms with Crippen LogP contribution in [0.2, 0.25) is 0 Å². The molecule has 18 heavy (non-hydrogen) atoms. The molecule has 2 aromatic carbocycles. The van der Waals surface area contributed by atoms with Crippen LogP contribution in [0.5, 0.6) is 5.75 Å². The highest BCUT2D eigenvalue weighted by molar-refractivity contribution is 5.91. The van der Waals surface area contributed by atoms with E-state index in [1.54, 1.807) is 18.2 Å². The van der Waals surface area contributed by atoms with E-state index in [0.29, 0.717) is 11.3 Å². The van der Waals surface area contributed by atoms with Crippen molar-refractivity contribution in [2.24, 2.45) is 0 Å². The minimum atomic E-state index is -0.346. The Labute approximate surface area is 104 Å². The fourth-order valence-corrected chi connectivity index (χ4v) is 1.83. The summed E-state index contributed by atoms with van der Waals surface area (Å²) >= 11 is 0. The number of rotatable bonds is 2. The SMILES string of the molecule is O=C(Oc1ccc2cc[nH]c2c1)c1ccccc1. The van der Waals surface area contributed by atoms with Gasteiger partial charge in [0.15, 0.2) is 0 Å². The molecule has 88 valence electrons. The molecule has 1 N–H and O–H groups in total. The van der Waals surface area contributed by atoms with Crippen LogP contribution in [0.4, 0.5) is 0 Å². The molecule has 0 radical (unpaired) electrons. The number of H-pyrrole nitrogens is 1. The first-order valence-electron chi connectivity index (χ1n) is 5.67. The first kappa shape index (κ1) is 10.6. The van der Waals surface area contributed by atoms with Gasteiger partial charge in [0.1, 0.15) is 5.75 Å². The number of carbonyl (C=O) groups is 1. The molecule has 3 aromatic rings. The van der Waals surface area contributed by atoms with E-state index >= 15 is 0 Å². The summed E-state index contributed by atoms with van der Waals surface area (Å²) in [4.78, 5) is 14.9. The highest BCUT2D eigenvalue weighted by Gasteiger charge is 2.08. The Morgan fingerprint density at radius 3 is 2.67 bits per heavy atom. The van der Waals surface area contributed by atoms with Gasteiger partial charge in [0.2, 0.25) is 0 Å². The van der Waals surface area contributed by atoms with Crippen molar-refractivity contribution in [3.63, 3.8) is 0 Å². The van der Waals surface area contributed by atoms with Crippen molar-refractivity contribution in [2.45, 2.75) is 0 Å². The Morgan fingerprint density at radius 2 is 1.83 bits per heavy atom. The first-order valence-corrected chi connectivity index (χ1v) is 5.67. The smallest absolute Gasteiger partial charge is 0.343 e. The molecule has 0 spiro atoms. The number of esters is 1. The van der Waals surface area contributed by atoms with Gasteiger partial charge >= 0.3 is 5.97 Å². The minimum absolute atomic E-state index is 0.346. The summed E-state index contributed by atoms with van der Waals surface area (Å²) < 4.78 is 5.32. The number of aromatic nitrogens is 1. The van der Waals surface area contributed by atoms with Crippen molar-refractivity contribution < 1.29 is 9.53 Å². The van der Waals surface area contributed by atoms with Gasteiger partial charge in [-0.05, 0) is 35.7 Å². The Kier molecular flexibility index (Phi) is 2.57. The second-order valence-corrected chi connectivity index (χ2v) is 3.98. The standard InChI is InChI=1S/C15H11NO2/c17-15(12-4-2-1-3-5-12)18-13-7-6-11-8-9-16-14(11)10-13/h1-10,16H. The van der Waals surface area contributed by atoms with Crippen LogP contribution in [0.15, 0.2) is 60.8 Å². The highest BCUT2D eigenvalue weighted by atomic mass is 16.5. The van der Waals surface area contributed by atoms with E-state index in [9.17, 15) is 4.79 Å². The van der Waals surface area contributed by atoms with Gasteiger partial charge in [-0.1, -0.05) is 18.2 Å². The summed E-state index contributed by atoms with van der Waals surface area (Å²) in [6.45, 7) is 0. The van der Waals surface area contributed by atoms with Gasteiger partial charge in [0.05, 0.1) is 5.56 Å². The normalized spacial score (nSPS) is 10.4. The first-order chi connectivity index (χ1) is 8.83. The van der Waals surface area contributed by atoms with Crippen LogP contribution in [-0.4, -0.2) is 11.0 Å². The van der Waals surface area contributed by atoms with E-state index < -0.39 is 0 Å². The minimum Gasteiger partial charge on any atom is -0.423 e. The third kappa shape index (κ3) is 1.98. The second-order valence-electron chi connectivity index (χ2n) is 3.98. The summed E-state index contributed by atoms with van der Waals surface area (Å²) in [5.41, 5.74) is 1.50. The van der Waals surface area contributed by atoms with E-state index in [4.69, 9.17) is 4.74 Å². The lowest BCUT2D eigenvalue weighted by atomic mass is 10.2. The molecule has 1 aromatic heterocycles. The van der Waals surface area contributed by atoms with Crippen molar-refractivity contribution in [1.29, 1.82) is 0 Å². The highest BCUT2D eigenvalue weighted by Crippen LogP contribution is 2.20. The van der Waals surface area contributed by atoms with Crippen LogP contribution in [0, 0.1) is 0 Å². The molecule has 0 aliphatic heterocycles. The predicted octanol–water partition coefficient (Wildman–Crippen LogP) is 3.39. The fraction of sp³-hybridized carbons (Fsp3) is 0. The molecule has 0 aliphatic rings. The monoisotopic (exact) mass is 237 g/mol. The van der Waals surface area contributed by atoms with E-state index in [0.717, 1.165) is 10.9 Å². The second kappa shape index (κ2) is 4.37. The molecule has 0 saturated heterocycles. The van der Waals surface area contributed by atoms with Crippen molar-refractivity contribution in [3.05, 3.63) is 66.4 Å². The molecule has 0 saturated carbocycles. The van der Waals surface area contributed by atoms with E-state index in [1.165, 1.54) is 0 Å². The molecule has 0 aliphatic carbocycles. The average molecular weight is 237 g/mol. The molecule has 0 atom stereocenters. The fourth-order valence-electron chi connectivity index (χ4n) is 1.83. The van der Waals surface area contributed by atoms with Crippen LogP contribution in [0.1, 0.15) is 10.4 Å². The van der Waals surface area contributed by atoms with Crippen LogP contribution in [0.25, 0.3) is 10.9 Å². The van der Waals surface area contributed by atoms with Crippen LogP contribution in [-0.2, 0) is 0 Å². The summed E-state index contributed by atoms with van der Waals surface area (Å²) in [6.07, 6.45) is 1.85. The van der Waals surface area contributed by atoms with Gasteiger partial charge in [-0.3, -0.25) is 0 Å². The molecule has 0 amide bonds. The third-order valence-electron chi connectivity index (χ3n) is 2.75. The van der Waals surface area contributed by atoms with Crippen LogP contribution in [0.3, 0.4) is 0 Å². The third-order valence-corrected chi connectivity index (χ3v) is 2.75. The number of hydrogen-bond donors (Lipinski definition) is 1. The van der Waals surface area contributed by atoms with Crippen molar-refractivity contribution in [1.82, 2.24) is 4.98 Å². The lowest BCUT2D eigenvalue weighted by Gasteiger charge is -2.04. The zero-order chi connectivity index (χ0) is 12.4. The summed E-state index contributed by atoms with van der Waals surface area (Å²) in [6, 6.07) is 16.4. The number of fused-ring (bicyclic) bond motifs is 1. The maximum absolute atomic E-state index is 11.9. The predicted molar refractivity (Wildman–Crippen MR) is 69.7 cm³/mol. The quantitative estimate of drug-likeness (QED) is 0.548. The maximum atomic E-state index is 11.9. The van der Waals surface area contributed by atoms with Crippen molar-refractivity contribution >= 4 is 16.9 Å². The zero-order valence-electron chi connectivity index (χ0n) is 9.59. The van der Waals surface area contributed by atoms with Crippen molar-refractivity contribution in [3.8, 4) is 5.75 Å². The number of nitrogens with one attached hydrogen (secondary N) is 1. The van der Waals surface area contributed by atoms with Crippen LogP contribution >= 0.6 is 0 Å².